The standard InChI is InChI=1S/C15H27NO2/c1-4-13-11-18-8-7-16(13)10-12-9-15(2,3)6-5-14(12)17/h12-13H,4-11H2,1-3H3. The van der Waals surface area contributed by atoms with Crippen molar-refractivity contribution >= 4 is 5.78 Å². The first-order valence-electron chi connectivity index (χ1n) is 7.36. The Kier molecular flexibility index (Phi) is 4.44. The molecule has 2 fully saturated rings. The number of hydrogen-bond donors (Lipinski definition) is 0. The first-order valence-corrected chi connectivity index (χ1v) is 7.36. The summed E-state index contributed by atoms with van der Waals surface area (Å²) < 4.78 is 5.53. The molecule has 0 amide bonds. The molecule has 1 saturated heterocycles. The first-order chi connectivity index (χ1) is 8.52. The van der Waals surface area contributed by atoms with Gasteiger partial charge in [0, 0.05) is 31.5 Å². The van der Waals surface area contributed by atoms with E-state index in [9.17, 15) is 4.79 Å². The molecule has 3 heteroatoms. The monoisotopic (exact) mass is 253 g/mol. The van der Waals surface area contributed by atoms with E-state index in [4.69, 9.17) is 4.74 Å². The molecular formula is C15H27NO2. The van der Waals surface area contributed by atoms with Gasteiger partial charge in [0.1, 0.15) is 5.78 Å². The lowest BCUT2D eigenvalue weighted by atomic mass is 9.71. The largest absolute Gasteiger partial charge is 0.378 e. The van der Waals surface area contributed by atoms with Crippen molar-refractivity contribution in [2.75, 3.05) is 26.3 Å². The van der Waals surface area contributed by atoms with Gasteiger partial charge in [0.2, 0.25) is 0 Å². The molecule has 3 nitrogen and oxygen atoms in total. The maximum absolute atomic E-state index is 12.1. The molecule has 0 spiro atoms. The smallest absolute Gasteiger partial charge is 0.137 e. The Bertz CT molecular complexity index is 301. The van der Waals surface area contributed by atoms with Crippen molar-refractivity contribution in [3.63, 3.8) is 0 Å². The Labute approximate surface area is 111 Å². The average molecular weight is 253 g/mol. The summed E-state index contributed by atoms with van der Waals surface area (Å²) in [6.45, 7) is 10.4. The van der Waals surface area contributed by atoms with Crippen molar-refractivity contribution in [3.8, 4) is 0 Å². The summed E-state index contributed by atoms with van der Waals surface area (Å²) in [6.07, 6.45) is 4.01. The van der Waals surface area contributed by atoms with Crippen LogP contribution >= 0.6 is 0 Å². The summed E-state index contributed by atoms with van der Waals surface area (Å²) in [7, 11) is 0. The number of carbonyl (C=O) groups excluding carboxylic acids is 1. The van der Waals surface area contributed by atoms with E-state index < -0.39 is 0 Å². The van der Waals surface area contributed by atoms with E-state index in [0.29, 0.717) is 17.2 Å². The Morgan fingerprint density at radius 3 is 2.94 bits per heavy atom. The lowest BCUT2D eigenvalue weighted by Gasteiger charge is -2.40. The average Bonchev–Trinajstić information content (AvgIpc) is 2.34. The predicted molar refractivity (Wildman–Crippen MR) is 72.6 cm³/mol. The van der Waals surface area contributed by atoms with Crippen molar-refractivity contribution in [1.29, 1.82) is 0 Å². The minimum absolute atomic E-state index is 0.251. The number of Topliss-reactive ketones (excluding diaryl/α,β-unsaturated/α-hetero) is 1. The van der Waals surface area contributed by atoms with Crippen molar-refractivity contribution in [3.05, 3.63) is 0 Å². The second kappa shape index (κ2) is 5.70. The zero-order valence-electron chi connectivity index (χ0n) is 12.1. The van der Waals surface area contributed by atoms with Crippen LogP contribution in [0.3, 0.4) is 0 Å². The molecule has 0 radical (unpaired) electrons. The van der Waals surface area contributed by atoms with E-state index >= 15 is 0 Å². The summed E-state index contributed by atoms with van der Waals surface area (Å²) in [5.41, 5.74) is 0.340. The number of nitrogens with zero attached hydrogens (tertiary/aromatic N) is 1. The first kappa shape index (κ1) is 14.0. The van der Waals surface area contributed by atoms with Crippen LogP contribution in [0.4, 0.5) is 0 Å². The number of ether oxygens (including phenoxy) is 1. The Morgan fingerprint density at radius 1 is 1.44 bits per heavy atom. The summed E-state index contributed by atoms with van der Waals surface area (Å²) in [4.78, 5) is 14.6. The number of morpholine rings is 1. The van der Waals surface area contributed by atoms with E-state index in [2.05, 4.69) is 25.7 Å². The fourth-order valence-corrected chi connectivity index (χ4v) is 3.30. The van der Waals surface area contributed by atoms with Crippen molar-refractivity contribution in [2.24, 2.45) is 11.3 Å². The van der Waals surface area contributed by atoms with Crippen LogP contribution in [-0.2, 0) is 9.53 Å². The van der Waals surface area contributed by atoms with Crippen LogP contribution in [0.1, 0.15) is 46.5 Å². The predicted octanol–water partition coefficient (Wildman–Crippen LogP) is 2.49. The number of rotatable bonds is 3. The third kappa shape index (κ3) is 3.33. The second-order valence-electron chi connectivity index (χ2n) is 6.66. The van der Waals surface area contributed by atoms with Crippen LogP contribution in [0.15, 0.2) is 0 Å². The topological polar surface area (TPSA) is 29.5 Å². The zero-order chi connectivity index (χ0) is 13.2. The zero-order valence-corrected chi connectivity index (χ0v) is 12.1. The van der Waals surface area contributed by atoms with Crippen LogP contribution in [0.25, 0.3) is 0 Å². The maximum Gasteiger partial charge on any atom is 0.137 e. The number of ketones is 1. The van der Waals surface area contributed by atoms with Crippen LogP contribution in [0, 0.1) is 11.3 Å². The molecule has 1 aliphatic carbocycles. The van der Waals surface area contributed by atoms with Gasteiger partial charge >= 0.3 is 0 Å². The Balaban J connectivity index is 1.96. The van der Waals surface area contributed by atoms with Gasteiger partial charge in [-0.05, 0) is 24.7 Å². The molecular weight excluding hydrogens is 226 g/mol. The molecule has 0 aromatic heterocycles. The van der Waals surface area contributed by atoms with Crippen LogP contribution in [-0.4, -0.2) is 43.0 Å². The molecule has 0 bridgehead atoms. The third-order valence-corrected chi connectivity index (χ3v) is 4.58. The summed E-state index contributed by atoms with van der Waals surface area (Å²) >= 11 is 0. The van der Waals surface area contributed by atoms with Gasteiger partial charge in [0.25, 0.3) is 0 Å². The van der Waals surface area contributed by atoms with Gasteiger partial charge in [0.05, 0.1) is 13.2 Å². The van der Waals surface area contributed by atoms with Gasteiger partial charge in [-0.25, -0.2) is 0 Å². The van der Waals surface area contributed by atoms with Gasteiger partial charge in [0.15, 0.2) is 0 Å². The molecule has 104 valence electrons. The van der Waals surface area contributed by atoms with Gasteiger partial charge in [-0.3, -0.25) is 9.69 Å². The Hall–Kier alpha value is -0.410. The summed E-state index contributed by atoms with van der Waals surface area (Å²) in [6, 6.07) is 0.511. The lowest BCUT2D eigenvalue weighted by molar-refractivity contribution is -0.129. The minimum atomic E-state index is 0.251. The highest BCUT2D eigenvalue weighted by Gasteiger charge is 2.35. The maximum atomic E-state index is 12.1. The molecule has 2 aliphatic rings. The molecule has 0 aromatic carbocycles. The van der Waals surface area contributed by atoms with Crippen LogP contribution < -0.4 is 0 Å². The lowest BCUT2D eigenvalue weighted by Crippen LogP contribution is -2.49. The van der Waals surface area contributed by atoms with Crippen LogP contribution in [0.2, 0.25) is 0 Å². The van der Waals surface area contributed by atoms with E-state index in [1.165, 1.54) is 0 Å². The molecule has 1 heterocycles. The van der Waals surface area contributed by atoms with Crippen LogP contribution in [0.5, 0.6) is 0 Å². The SMILES string of the molecule is CCC1COCCN1CC1CC(C)(C)CCC1=O. The Morgan fingerprint density at radius 2 is 2.22 bits per heavy atom. The fourth-order valence-electron chi connectivity index (χ4n) is 3.30. The highest BCUT2D eigenvalue weighted by atomic mass is 16.5. The highest BCUT2D eigenvalue weighted by Crippen LogP contribution is 2.37. The molecule has 1 aliphatic heterocycles. The highest BCUT2D eigenvalue weighted by molar-refractivity contribution is 5.82. The second-order valence-corrected chi connectivity index (χ2v) is 6.66. The molecule has 0 N–H and O–H groups in total. The van der Waals surface area contributed by atoms with Gasteiger partial charge in [-0.1, -0.05) is 20.8 Å². The van der Waals surface area contributed by atoms with E-state index in [0.717, 1.165) is 52.0 Å². The number of hydrogen-bond acceptors (Lipinski definition) is 3. The molecule has 0 aromatic rings. The molecule has 1 saturated carbocycles. The van der Waals surface area contributed by atoms with Crippen molar-refractivity contribution in [1.82, 2.24) is 4.90 Å². The quantitative estimate of drug-likeness (QED) is 0.774. The molecule has 18 heavy (non-hydrogen) atoms. The van der Waals surface area contributed by atoms with Gasteiger partial charge in [-0.15, -0.1) is 0 Å². The molecule has 2 unspecified atom stereocenters. The third-order valence-electron chi connectivity index (χ3n) is 4.58. The fraction of sp³-hybridized carbons (Fsp3) is 0.933. The number of carbonyl (C=O) groups is 1. The minimum Gasteiger partial charge on any atom is -0.378 e. The molecule has 2 atom stereocenters. The van der Waals surface area contributed by atoms with Gasteiger partial charge < -0.3 is 4.74 Å². The van der Waals surface area contributed by atoms with E-state index in [1.807, 2.05) is 0 Å². The summed E-state index contributed by atoms with van der Waals surface area (Å²) in [5.74, 6) is 0.733. The summed E-state index contributed by atoms with van der Waals surface area (Å²) in [5, 5.41) is 0. The van der Waals surface area contributed by atoms with E-state index in [1.54, 1.807) is 0 Å². The van der Waals surface area contributed by atoms with Crippen molar-refractivity contribution < 1.29 is 9.53 Å². The molecule has 2 rings (SSSR count). The normalized spacial score (nSPS) is 33.6. The van der Waals surface area contributed by atoms with Crippen molar-refractivity contribution in [2.45, 2.75) is 52.5 Å². The van der Waals surface area contributed by atoms with E-state index in [-0.39, 0.29) is 5.92 Å². The van der Waals surface area contributed by atoms with Gasteiger partial charge in [-0.2, -0.15) is 0 Å².